The Morgan fingerprint density at radius 1 is 0.767 bits per heavy atom. The average molecular weight is 1020 g/mol. The Morgan fingerprint density at radius 2 is 1.38 bits per heavy atom. The second-order valence-corrected chi connectivity index (χ2v) is 22.1. The minimum Gasteiger partial charge on any atom is -0.481 e. The number of Topliss-reactive ketones (excluding diaryl/α,β-unsaturated/α-hetero) is 3. The molecule has 408 valence electrons. The van der Waals surface area contributed by atoms with Crippen LogP contribution in [0.5, 0.6) is 0 Å². The SMILES string of the molecule is CC[C@H](C)[C@@H]([C@@H](CC(=O)N1CCC[C@H]1[C@H](OC)[C@@H](C)C(=O)C[C@@H](Cc1ccccc1)C(=O)NCc1ccccc1)OC)N(C)C(=O)[C@@H](CC(=O)[C@H](C(C)C)N(C)CCCC(=O)C[C@H](CC(C)C)C(=O)O)C(C)C. The fourth-order valence-electron chi connectivity index (χ4n) is 11.1. The first-order valence-corrected chi connectivity index (χ1v) is 27.0. The zero-order valence-corrected chi connectivity index (χ0v) is 46.6. The number of likely N-dealkylation sites (N-methyl/N-ethyl adjacent to an activating group) is 2. The van der Waals surface area contributed by atoms with Crippen LogP contribution < -0.4 is 5.32 Å². The first kappa shape index (κ1) is 62.5. The van der Waals surface area contributed by atoms with E-state index in [0.29, 0.717) is 51.7 Å². The molecule has 3 amide bonds. The lowest BCUT2D eigenvalue weighted by molar-refractivity contribution is -0.149. The molecule has 3 rings (SSSR count). The smallest absolute Gasteiger partial charge is 0.306 e. The summed E-state index contributed by atoms with van der Waals surface area (Å²) in [5.41, 5.74) is 1.92. The molecule has 14 heteroatoms. The Balaban J connectivity index is 1.75. The number of methoxy groups -OCH3 is 2. The molecule has 1 aliphatic rings. The van der Waals surface area contributed by atoms with Gasteiger partial charge in [-0.25, -0.2) is 0 Å². The van der Waals surface area contributed by atoms with Gasteiger partial charge in [0.05, 0.1) is 42.7 Å². The van der Waals surface area contributed by atoms with Crippen LogP contribution in [0.2, 0.25) is 0 Å². The number of likely N-dealkylation sites (tertiary alicyclic amines) is 1. The Kier molecular flexibility index (Phi) is 26.7. The first-order chi connectivity index (χ1) is 34.6. The van der Waals surface area contributed by atoms with Crippen LogP contribution in [0.1, 0.15) is 138 Å². The third-order valence-electron chi connectivity index (χ3n) is 15.3. The molecule has 1 heterocycles. The molecule has 0 unspecified atom stereocenters. The third-order valence-corrected chi connectivity index (χ3v) is 15.3. The zero-order valence-electron chi connectivity index (χ0n) is 46.6. The van der Waals surface area contributed by atoms with Crippen molar-refractivity contribution in [3.05, 3.63) is 71.8 Å². The maximum Gasteiger partial charge on any atom is 0.306 e. The van der Waals surface area contributed by atoms with Crippen LogP contribution in [0.4, 0.5) is 0 Å². The molecule has 2 aromatic rings. The minimum atomic E-state index is -0.956. The highest BCUT2D eigenvalue weighted by atomic mass is 16.5. The van der Waals surface area contributed by atoms with Gasteiger partial charge >= 0.3 is 5.97 Å². The number of nitrogens with one attached hydrogen (secondary N) is 1. The number of ether oxygens (including phenoxy) is 2. The van der Waals surface area contributed by atoms with Gasteiger partial charge in [-0.3, -0.25) is 38.5 Å². The van der Waals surface area contributed by atoms with Gasteiger partial charge in [0.2, 0.25) is 17.7 Å². The van der Waals surface area contributed by atoms with Gasteiger partial charge in [-0.2, -0.15) is 0 Å². The number of carbonyl (C=O) groups is 7. The van der Waals surface area contributed by atoms with Gasteiger partial charge in [0.1, 0.15) is 11.6 Å². The molecule has 10 atom stereocenters. The van der Waals surface area contributed by atoms with Crippen molar-refractivity contribution >= 4 is 41.0 Å². The normalized spacial score (nSPS) is 17.7. The Hall–Kier alpha value is -4.79. The van der Waals surface area contributed by atoms with E-state index < -0.39 is 60.0 Å². The Bertz CT molecular complexity index is 2050. The summed E-state index contributed by atoms with van der Waals surface area (Å²) in [5.74, 6) is -4.54. The number of rotatable bonds is 34. The Labute approximate surface area is 438 Å². The summed E-state index contributed by atoms with van der Waals surface area (Å²) in [6.07, 6.45) is 2.31. The molecule has 0 aromatic heterocycles. The second kappa shape index (κ2) is 31.2. The predicted octanol–water partition coefficient (Wildman–Crippen LogP) is 8.72. The van der Waals surface area contributed by atoms with Crippen molar-refractivity contribution in [1.29, 1.82) is 0 Å². The van der Waals surface area contributed by atoms with Crippen LogP contribution in [0.3, 0.4) is 0 Å². The number of amides is 3. The summed E-state index contributed by atoms with van der Waals surface area (Å²) < 4.78 is 12.2. The van der Waals surface area contributed by atoms with Crippen LogP contribution >= 0.6 is 0 Å². The quantitative estimate of drug-likeness (QED) is 0.0685. The van der Waals surface area contributed by atoms with Crippen LogP contribution in [0, 0.1) is 47.3 Å². The number of ketones is 3. The number of benzene rings is 2. The molecule has 14 nitrogen and oxygen atoms in total. The van der Waals surface area contributed by atoms with Gasteiger partial charge in [-0.15, -0.1) is 0 Å². The van der Waals surface area contributed by atoms with E-state index in [2.05, 4.69) is 5.32 Å². The summed E-state index contributed by atoms with van der Waals surface area (Å²) in [5, 5.41) is 12.7. The predicted molar refractivity (Wildman–Crippen MR) is 286 cm³/mol. The van der Waals surface area contributed by atoms with Gasteiger partial charge in [0, 0.05) is 77.8 Å². The summed E-state index contributed by atoms with van der Waals surface area (Å²) in [7, 11) is 6.73. The highest BCUT2D eigenvalue weighted by Crippen LogP contribution is 2.32. The van der Waals surface area contributed by atoms with E-state index in [4.69, 9.17) is 9.47 Å². The maximum absolute atomic E-state index is 14.8. The Morgan fingerprint density at radius 3 is 1.92 bits per heavy atom. The maximum atomic E-state index is 14.8. The number of hydrogen-bond acceptors (Lipinski definition) is 10. The second-order valence-electron chi connectivity index (χ2n) is 22.1. The molecular weight excluding hydrogens is 925 g/mol. The molecule has 0 radical (unpaired) electrons. The summed E-state index contributed by atoms with van der Waals surface area (Å²) >= 11 is 0. The van der Waals surface area contributed by atoms with E-state index in [1.165, 1.54) is 0 Å². The zero-order chi connectivity index (χ0) is 54.5. The molecular formula is C59H92N4O10. The largest absolute Gasteiger partial charge is 0.481 e. The molecule has 2 N–H and O–H groups in total. The van der Waals surface area contributed by atoms with Gasteiger partial charge in [-0.1, -0.05) is 129 Å². The van der Waals surface area contributed by atoms with Crippen molar-refractivity contribution in [3.63, 3.8) is 0 Å². The molecule has 1 saturated heterocycles. The molecule has 0 spiro atoms. The van der Waals surface area contributed by atoms with Crippen LogP contribution in [0.25, 0.3) is 0 Å². The van der Waals surface area contributed by atoms with Crippen LogP contribution in [-0.4, -0.2) is 133 Å². The molecule has 2 aromatic carbocycles. The average Bonchev–Trinajstić information content (AvgIpc) is 3.84. The van der Waals surface area contributed by atoms with E-state index in [1.54, 1.807) is 31.1 Å². The van der Waals surface area contributed by atoms with Gasteiger partial charge < -0.3 is 29.7 Å². The molecule has 0 aliphatic carbocycles. The minimum absolute atomic E-state index is 0.00379. The number of nitrogens with zero attached hydrogens (tertiary/aromatic N) is 3. The number of carboxylic acid groups (broad SMARTS) is 1. The number of hydrogen-bond donors (Lipinski definition) is 2. The summed E-state index contributed by atoms with van der Waals surface area (Å²) in [6, 6.07) is 17.9. The lowest BCUT2D eigenvalue weighted by Crippen LogP contribution is -2.54. The molecule has 0 bridgehead atoms. The molecule has 1 aliphatic heterocycles. The number of carboxylic acids is 1. The number of aliphatic carboxylic acids is 1. The van der Waals surface area contributed by atoms with Gasteiger partial charge in [0.15, 0.2) is 5.78 Å². The summed E-state index contributed by atoms with van der Waals surface area (Å²) in [6.45, 7) is 18.9. The highest BCUT2D eigenvalue weighted by molar-refractivity contribution is 5.91. The van der Waals surface area contributed by atoms with Crippen LogP contribution in [-0.2, 0) is 56.0 Å². The topological polar surface area (TPSA) is 180 Å². The van der Waals surface area contributed by atoms with Crippen molar-refractivity contribution in [2.45, 2.75) is 170 Å². The van der Waals surface area contributed by atoms with Crippen LogP contribution in [0.15, 0.2) is 60.7 Å². The standard InChI is InChI=1S/C59H92N4O10/c1-14-41(8)55(62(11)58(69)48(39(4)5)35-51(66)54(40(6)7)61(10)29-21-27-47(64)33-46(59(70)71)31-38(2)3)52(72-12)36-53(67)63-30-22-28-49(63)56(73-13)42(9)50(65)34-45(32-43-23-17-15-18-24-43)57(68)60-37-44-25-19-16-20-26-44/h15-20,23-26,38-42,45-46,48-49,52,54-56H,14,21-22,27-37H2,1-13H3,(H,60,68)(H,70,71)/t41-,42-,45+,46-,48-,49-,52+,54-,55-,56+/m0/s1. The summed E-state index contributed by atoms with van der Waals surface area (Å²) in [4.78, 5) is 102. The van der Waals surface area contributed by atoms with E-state index in [-0.39, 0.29) is 90.8 Å². The van der Waals surface area contributed by atoms with E-state index >= 15 is 0 Å². The van der Waals surface area contributed by atoms with Crippen molar-refractivity contribution in [2.75, 3.05) is 41.4 Å². The van der Waals surface area contributed by atoms with E-state index in [9.17, 15) is 38.7 Å². The van der Waals surface area contributed by atoms with E-state index in [0.717, 1.165) is 17.5 Å². The fourth-order valence-corrected chi connectivity index (χ4v) is 11.1. The molecule has 73 heavy (non-hydrogen) atoms. The van der Waals surface area contributed by atoms with Crippen molar-refractivity contribution in [1.82, 2.24) is 20.0 Å². The lowest BCUT2D eigenvalue weighted by Gasteiger charge is -2.41. The highest BCUT2D eigenvalue weighted by Gasteiger charge is 2.44. The lowest BCUT2D eigenvalue weighted by atomic mass is 9.83. The molecule has 0 saturated carbocycles. The monoisotopic (exact) mass is 1020 g/mol. The third kappa shape index (κ3) is 19.1. The van der Waals surface area contributed by atoms with Crippen molar-refractivity contribution in [3.8, 4) is 0 Å². The number of carbonyl (C=O) groups excluding carboxylic acids is 6. The first-order valence-electron chi connectivity index (χ1n) is 27.0. The van der Waals surface area contributed by atoms with Crippen molar-refractivity contribution < 1.29 is 48.1 Å². The van der Waals surface area contributed by atoms with Crippen molar-refractivity contribution in [2.24, 2.45) is 47.3 Å². The fraction of sp³-hybridized carbons (Fsp3) is 0.678. The molecule has 1 fully saturated rings. The van der Waals surface area contributed by atoms with E-state index in [1.807, 2.05) is 135 Å². The van der Waals surface area contributed by atoms with Gasteiger partial charge in [0.25, 0.3) is 0 Å². The van der Waals surface area contributed by atoms with Gasteiger partial charge in [-0.05, 0) is 80.5 Å².